The first-order valence-corrected chi connectivity index (χ1v) is 11.8. The maximum Gasteiger partial charge on any atom is 0.254 e. The summed E-state index contributed by atoms with van der Waals surface area (Å²) >= 11 is 0. The molecule has 2 aromatic heterocycles. The average Bonchev–Trinajstić information content (AvgIpc) is 3.28. The number of aromatic hydroxyl groups is 2. The van der Waals surface area contributed by atoms with Crippen molar-refractivity contribution in [3.63, 3.8) is 0 Å². The van der Waals surface area contributed by atoms with Crippen LogP contribution < -0.4 is 0 Å². The molecule has 0 bridgehead atoms. The smallest absolute Gasteiger partial charge is 0.254 e. The molecule has 8 heteroatoms. The summed E-state index contributed by atoms with van der Waals surface area (Å²) in [6.07, 6.45) is 9.98. The fourth-order valence-corrected chi connectivity index (χ4v) is 4.21. The molecule has 0 amide bonds. The van der Waals surface area contributed by atoms with Crippen LogP contribution in [-0.4, -0.2) is 32.1 Å². The summed E-state index contributed by atoms with van der Waals surface area (Å²) in [6.45, 7) is 8.38. The maximum atomic E-state index is 12.2. The molecule has 184 valence electrons. The highest BCUT2D eigenvalue weighted by atomic mass is 16.5. The van der Waals surface area contributed by atoms with Crippen molar-refractivity contribution in [2.45, 2.75) is 98.3 Å². The second-order valence-corrected chi connectivity index (χ2v) is 10.6. The third-order valence-electron chi connectivity index (χ3n) is 6.11. The maximum absolute atomic E-state index is 12.2. The molecule has 8 nitrogen and oxygen atoms in total. The van der Waals surface area contributed by atoms with Gasteiger partial charge >= 0.3 is 0 Å². The van der Waals surface area contributed by atoms with Crippen LogP contribution in [0.4, 0.5) is 0 Å². The van der Waals surface area contributed by atoms with Gasteiger partial charge in [0.1, 0.15) is 24.1 Å². The van der Waals surface area contributed by atoms with Crippen molar-refractivity contribution < 1.29 is 28.8 Å². The Balaban J connectivity index is 1.56. The van der Waals surface area contributed by atoms with Gasteiger partial charge in [0.2, 0.25) is 0 Å². The van der Waals surface area contributed by atoms with E-state index in [4.69, 9.17) is 9.05 Å². The van der Waals surface area contributed by atoms with Gasteiger partial charge in [0.15, 0.2) is 0 Å². The van der Waals surface area contributed by atoms with Crippen molar-refractivity contribution in [2.24, 2.45) is 10.8 Å². The fraction of sp³-hybridized carbons (Fsp3) is 0.680. The van der Waals surface area contributed by atoms with Crippen LogP contribution in [0, 0.1) is 10.8 Å². The number of aromatic nitrogens is 2. The van der Waals surface area contributed by atoms with Crippen LogP contribution in [0.5, 0.6) is 11.8 Å². The van der Waals surface area contributed by atoms with Gasteiger partial charge in [-0.15, -0.1) is 0 Å². The Hall–Kier alpha value is -2.64. The SMILES string of the molecule is CC(C)(CCCC(=O)CCCC(=O)CCCC(C)(C)Cc1conc1O)Cc1conc1O. The van der Waals surface area contributed by atoms with E-state index < -0.39 is 0 Å². The lowest BCUT2D eigenvalue weighted by Gasteiger charge is -2.23. The molecule has 2 rings (SSSR count). The molecule has 0 saturated carbocycles. The third kappa shape index (κ3) is 9.80. The van der Waals surface area contributed by atoms with E-state index in [-0.39, 0.29) is 34.2 Å². The Morgan fingerprint density at radius 1 is 0.727 bits per heavy atom. The summed E-state index contributed by atoms with van der Waals surface area (Å²) in [5.74, 6) is 0.256. The Bertz CT molecular complexity index is 824. The summed E-state index contributed by atoms with van der Waals surface area (Å²) in [5, 5.41) is 26.2. The van der Waals surface area contributed by atoms with Gasteiger partial charge in [-0.2, -0.15) is 0 Å². The van der Waals surface area contributed by atoms with Gasteiger partial charge in [-0.25, -0.2) is 0 Å². The molecule has 2 aromatic rings. The second kappa shape index (κ2) is 12.0. The lowest BCUT2D eigenvalue weighted by atomic mass is 9.81. The minimum Gasteiger partial charge on any atom is -0.491 e. The molecule has 0 saturated heterocycles. The van der Waals surface area contributed by atoms with E-state index >= 15 is 0 Å². The van der Waals surface area contributed by atoms with Crippen molar-refractivity contribution in [1.82, 2.24) is 10.3 Å². The minimum absolute atomic E-state index is 0.0676. The largest absolute Gasteiger partial charge is 0.491 e. The van der Waals surface area contributed by atoms with E-state index in [9.17, 15) is 19.8 Å². The highest BCUT2D eigenvalue weighted by Crippen LogP contribution is 2.32. The Kier molecular flexibility index (Phi) is 9.68. The third-order valence-corrected chi connectivity index (χ3v) is 6.11. The normalized spacial score (nSPS) is 12.2. The zero-order valence-electron chi connectivity index (χ0n) is 20.4. The summed E-state index contributed by atoms with van der Waals surface area (Å²) in [5.41, 5.74) is 1.23. The first-order chi connectivity index (χ1) is 15.5. The highest BCUT2D eigenvalue weighted by Gasteiger charge is 2.23. The average molecular weight is 463 g/mol. The zero-order chi connectivity index (χ0) is 24.5. The van der Waals surface area contributed by atoms with Gasteiger partial charge in [-0.05, 0) is 66.1 Å². The van der Waals surface area contributed by atoms with Gasteiger partial charge in [-0.1, -0.05) is 27.7 Å². The molecule has 2 N–H and O–H groups in total. The van der Waals surface area contributed by atoms with Crippen molar-refractivity contribution >= 4 is 11.6 Å². The molecule has 0 spiro atoms. The molecular weight excluding hydrogens is 424 g/mol. The number of carbonyl (C=O) groups is 2. The summed E-state index contributed by atoms with van der Waals surface area (Å²) < 4.78 is 9.53. The number of Topliss-reactive ketones (excluding diaryl/α,β-unsaturated/α-hetero) is 2. The quantitative estimate of drug-likeness (QED) is 0.332. The second-order valence-electron chi connectivity index (χ2n) is 10.6. The van der Waals surface area contributed by atoms with Crippen LogP contribution in [0.1, 0.15) is 96.6 Å². The first-order valence-electron chi connectivity index (χ1n) is 11.8. The van der Waals surface area contributed by atoms with E-state index in [2.05, 4.69) is 38.0 Å². The van der Waals surface area contributed by atoms with Crippen LogP contribution >= 0.6 is 0 Å². The van der Waals surface area contributed by atoms with Crippen LogP contribution in [0.15, 0.2) is 21.6 Å². The monoisotopic (exact) mass is 462 g/mol. The molecule has 33 heavy (non-hydrogen) atoms. The predicted octanol–water partition coefficient (Wildman–Crippen LogP) is 5.56. The number of ketones is 2. The van der Waals surface area contributed by atoms with Crippen molar-refractivity contribution in [2.75, 3.05) is 0 Å². The number of hydrogen-bond acceptors (Lipinski definition) is 8. The van der Waals surface area contributed by atoms with Gasteiger partial charge in [-0.3, -0.25) is 9.59 Å². The number of hydrogen-bond donors (Lipinski definition) is 2. The van der Waals surface area contributed by atoms with Crippen molar-refractivity contribution in [1.29, 1.82) is 0 Å². The van der Waals surface area contributed by atoms with Crippen molar-refractivity contribution in [3.05, 3.63) is 23.7 Å². The molecule has 0 fully saturated rings. The number of nitrogens with zero attached hydrogens (tertiary/aromatic N) is 2. The molecule has 0 aliphatic carbocycles. The summed E-state index contributed by atoms with van der Waals surface area (Å²) in [4.78, 5) is 24.4. The van der Waals surface area contributed by atoms with Gasteiger partial charge in [0, 0.05) is 25.7 Å². The molecule has 0 unspecified atom stereocenters. The number of rotatable bonds is 16. The topological polar surface area (TPSA) is 127 Å². The Morgan fingerprint density at radius 2 is 1.09 bits per heavy atom. The zero-order valence-corrected chi connectivity index (χ0v) is 20.4. The van der Waals surface area contributed by atoms with Crippen LogP contribution in [0.25, 0.3) is 0 Å². The van der Waals surface area contributed by atoms with E-state index in [1.807, 2.05) is 0 Å². The minimum atomic E-state index is -0.0695. The Morgan fingerprint density at radius 3 is 1.42 bits per heavy atom. The van der Waals surface area contributed by atoms with Gasteiger partial charge in [0.05, 0.1) is 11.1 Å². The van der Waals surface area contributed by atoms with Gasteiger partial charge < -0.3 is 19.3 Å². The standard InChI is InChI=1S/C25H38N2O6/c1-24(2,14-18-16-32-26-22(18)30)12-6-10-20(28)8-5-9-21(29)11-7-13-25(3,4)15-19-17-33-27-23(19)31/h16-17H,5-15H2,1-4H3,(H,26,30)(H,27,31). The molecular formula is C25H38N2O6. The molecule has 2 heterocycles. The van der Waals surface area contributed by atoms with Crippen LogP contribution in [-0.2, 0) is 22.4 Å². The predicted molar refractivity (Wildman–Crippen MR) is 123 cm³/mol. The van der Waals surface area contributed by atoms with E-state index in [1.54, 1.807) is 0 Å². The van der Waals surface area contributed by atoms with Gasteiger partial charge in [0.25, 0.3) is 11.8 Å². The molecule has 0 radical (unpaired) electrons. The lowest BCUT2D eigenvalue weighted by Crippen LogP contribution is -2.15. The van der Waals surface area contributed by atoms with Crippen molar-refractivity contribution in [3.8, 4) is 11.8 Å². The van der Waals surface area contributed by atoms with Crippen LogP contribution in [0.2, 0.25) is 0 Å². The summed E-state index contributed by atoms with van der Waals surface area (Å²) in [7, 11) is 0. The van der Waals surface area contributed by atoms with E-state index in [1.165, 1.54) is 12.5 Å². The molecule has 0 aliphatic heterocycles. The molecule has 0 aliphatic rings. The highest BCUT2D eigenvalue weighted by molar-refractivity contribution is 5.81. The van der Waals surface area contributed by atoms with E-state index in [0.717, 1.165) is 25.7 Å². The number of carbonyl (C=O) groups excluding carboxylic acids is 2. The van der Waals surface area contributed by atoms with E-state index in [0.29, 0.717) is 56.1 Å². The summed E-state index contributed by atoms with van der Waals surface area (Å²) in [6, 6.07) is 0. The first kappa shape index (κ1) is 26.6. The molecule has 0 atom stereocenters. The lowest BCUT2D eigenvalue weighted by molar-refractivity contribution is -0.120. The molecule has 0 aromatic carbocycles. The fourth-order valence-electron chi connectivity index (χ4n) is 4.21. The Labute approximate surface area is 195 Å². The van der Waals surface area contributed by atoms with Crippen LogP contribution in [0.3, 0.4) is 0 Å².